The van der Waals surface area contributed by atoms with E-state index in [4.69, 9.17) is 0 Å². The van der Waals surface area contributed by atoms with Crippen molar-refractivity contribution in [2.75, 3.05) is 6.54 Å². The van der Waals surface area contributed by atoms with Gasteiger partial charge in [0.05, 0.1) is 17.4 Å². The van der Waals surface area contributed by atoms with Crippen LogP contribution in [0, 0.1) is 16.0 Å². The second-order valence-electron chi connectivity index (χ2n) is 3.67. The number of nitro groups is 1. The number of hydrogen-bond donors (Lipinski definition) is 0. The van der Waals surface area contributed by atoms with Crippen LogP contribution in [0.2, 0.25) is 0 Å². The number of nitro benzene ring substituents is 1. The van der Waals surface area contributed by atoms with E-state index in [1.807, 2.05) is 0 Å². The normalized spacial score (nSPS) is 18.0. The molecule has 0 radical (unpaired) electrons. The molecule has 1 atom stereocenters. The molecule has 0 aromatic heterocycles. The van der Waals surface area contributed by atoms with Gasteiger partial charge in [-0.2, -0.15) is 0 Å². The Bertz CT molecular complexity index is 503. The number of aliphatic imine (C=N–C) groups is 1. The van der Waals surface area contributed by atoms with Gasteiger partial charge >= 0.3 is 0 Å². The fourth-order valence-electron chi connectivity index (χ4n) is 1.61. The number of carbonyl (C=O) groups is 1. The Morgan fingerprint density at radius 2 is 2.06 bits per heavy atom. The smallest absolute Gasteiger partial charge is 0.269 e. The van der Waals surface area contributed by atoms with Crippen molar-refractivity contribution in [1.82, 2.24) is 0 Å². The van der Waals surface area contributed by atoms with Crippen LogP contribution in [-0.2, 0) is 0 Å². The molecule has 0 aliphatic carbocycles. The third-order valence-electron chi connectivity index (χ3n) is 2.54. The standard InChI is InChI=1S/C12H10N2O3/c15-12(10-2-1-7-13-8-10)9-3-5-11(6-4-9)14(16)17/h1-7,10H,8H2. The van der Waals surface area contributed by atoms with E-state index in [1.54, 1.807) is 18.4 Å². The summed E-state index contributed by atoms with van der Waals surface area (Å²) in [5.41, 5.74) is 0.459. The van der Waals surface area contributed by atoms with E-state index in [1.165, 1.54) is 24.3 Å². The predicted octanol–water partition coefficient (Wildman–Crippen LogP) is 2.03. The van der Waals surface area contributed by atoms with Gasteiger partial charge in [-0.1, -0.05) is 6.08 Å². The second kappa shape index (κ2) is 4.69. The minimum atomic E-state index is -0.487. The maximum atomic E-state index is 12.0. The van der Waals surface area contributed by atoms with Crippen LogP contribution in [0.15, 0.2) is 41.4 Å². The number of dihydropyridines is 1. The fraction of sp³-hybridized carbons (Fsp3) is 0.167. The SMILES string of the molecule is O=C(c1ccc([N+](=O)[O-])cc1)C1C=CC=NC1. The van der Waals surface area contributed by atoms with E-state index in [0.717, 1.165) is 0 Å². The third kappa shape index (κ3) is 2.44. The van der Waals surface area contributed by atoms with E-state index >= 15 is 0 Å². The number of benzene rings is 1. The lowest BCUT2D eigenvalue weighted by Gasteiger charge is -2.10. The lowest BCUT2D eigenvalue weighted by Crippen LogP contribution is -2.17. The molecular formula is C12H10N2O3. The van der Waals surface area contributed by atoms with Crippen LogP contribution >= 0.6 is 0 Å². The second-order valence-corrected chi connectivity index (χ2v) is 3.67. The summed E-state index contributed by atoms with van der Waals surface area (Å²) >= 11 is 0. The molecule has 0 spiro atoms. The number of non-ortho nitro benzene ring substituents is 1. The Balaban J connectivity index is 2.17. The number of Topliss-reactive ketones (excluding diaryl/α,β-unsaturated/α-hetero) is 1. The van der Waals surface area contributed by atoms with Gasteiger partial charge in [0, 0.05) is 23.9 Å². The van der Waals surface area contributed by atoms with Gasteiger partial charge in [-0.15, -0.1) is 0 Å². The quantitative estimate of drug-likeness (QED) is 0.453. The Morgan fingerprint density at radius 3 is 2.59 bits per heavy atom. The first-order valence-electron chi connectivity index (χ1n) is 5.14. The zero-order valence-corrected chi connectivity index (χ0v) is 8.95. The molecule has 0 saturated carbocycles. The Labute approximate surface area is 97.6 Å². The molecule has 0 saturated heterocycles. The van der Waals surface area contributed by atoms with Crippen molar-refractivity contribution in [2.24, 2.45) is 10.9 Å². The van der Waals surface area contributed by atoms with Gasteiger partial charge in [0.15, 0.2) is 5.78 Å². The van der Waals surface area contributed by atoms with Crippen molar-refractivity contribution >= 4 is 17.7 Å². The molecular weight excluding hydrogens is 220 g/mol. The zero-order chi connectivity index (χ0) is 12.3. The molecule has 1 aromatic rings. The predicted molar refractivity (Wildman–Crippen MR) is 63.4 cm³/mol. The molecule has 1 unspecified atom stereocenters. The van der Waals surface area contributed by atoms with Crippen LogP contribution in [0.3, 0.4) is 0 Å². The zero-order valence-electron chi connectivity index (χ0n) is 8.95. The molecule has 17 heavy (non-hydrogen) atoms. The maximum Gasteiger partial charge on any atom is 0.269 e. The molecule has 2 rings (SSSR count). The van der Waals surface area contributed by atoms with Gasteiger partial charge in [-0.3, -0.25) is 19.9 Å². The molecule has 0 fully saturated rings. The van der Waals surface area contributed by atoms with E-state index in [9.17, 15) is 14.9 Å². The lowest BCUT2D eigenvalue weighted by atomic mass is 9.96. The summed E-state index contributed by atoms with van der Waals surface area (Å²) in [6.07, 6.45) is 5.17. The van der Waals surface area contributed by atoms with Crippen molar-refractivity contribution in [3.05, 3.63) is 52.1 Å². The summed E-state index contributed by atoms with van der Waals surface area (Å²) in [5.74, 6) is -0.325. The van der Waals surface area contributed by atoms with Gasteiger partial charge in [0.1, 0.15) is 0 Å². The van der Waals surface area contributed by atoms with E-state index in [2.05, 4.69) is 4.99 Å². The van der Waals surface area contributed by atoms with Crippen LogP contribution in [0.4, 0.5) is 5.69 Å². The Kier molecular flexibility index (Phi) is 3.09. The van der Waals surface area contributed by atoms with Gasteiger partial charge < -0.3 is 0 Å². The lowest BCUT2D eigenvalue weighted by molar-refractivity contribution is -0.384. The minimum Gasteiger partial charge on any atom is -0.293 e. The number of ketones is 1. The average Bonchev–Trinajstić information content (AvgIpc) is 2.39. The Hall–Kier alpha value is -2.30. The summed E-state index contributed by atoms with van der Waals surface area (Å²) < 4.78 is 0. The Morgan fingerprint density at radius 1 is 1.35 bits per heavy atom. The van der Waals surface area contributed by atoms with Gasteiger partial charge in [0.2, 0.25) is 0 Å². The van der Waals surface area contributed by atoms with E-state index < -0.39 is 4.92 Å². The summed E-state index contributed by atoms with van der Waals surface area (Å²) in [5, 5.41) is 10.5. The highest BCUT2D eigenvalue weighted by molar-refractivity contribution is 6.00. The largest absolute Gasteiger partial charge is 0.293 e. The van der Waals surface area contributed by atoms with Crippen molar-refractivity contribution in [3.8, 4) is 0 Å². The number of carbonyl (C=O) groups excluding carboxylic acids is 1. The highest BCUT2D eigenvalue weighted by atomic mass is 16.6. The molecule has 5 nitrogen and oxygen atoms in total. The molecule has 0 amide bonds. The van der Waals surface area contributed by atoms with Crippen LogP contribution in [0.25, 0.3) is 0 Å². The highest BCUT2D eigenvalue weighted by Gasteiger charge is 2.18. The highest BCUT2D eigenvalue weighted by Crippen LogP contribution is 2.17. The summed E-state index contributed by atoms with van der Waals surface area (Å²) in [4.78, 5) is 26.0. The average molecular weight is 230 g/mol. The van der Waals surface area contributed by atoms with E-state index in [-0.39, 0.29) is 17.4 Å². The topological polar surface area (TPSA) is 72.6 Å². The first-order chi connectivity index (χ1) is 8.18. The van der Waals surface area contributed by atoms with Crippen molar-refractivity contribution in [3.63, 3.8) is 0 Å². The third-order valence-corrected chi connectivity index (χ3v) is 2.54. The van der Waals surface area contributed by atoms with Crippen molar-refractivity contribution in [1.29, 1.82) is 0 Å². The monoisotopic (exact) mass is 230 g/mol. The van der Waals surface area contributed by atoms with Crippen LogP contribution in [-0.4, -0.2) is 23.5 Å². The first-order valence-corrected chi connectivity index (χ1v) is 5.14. The fourth-order valence-corrected chi connectivity index (χ4v) is 1.61. The van der Waals surface area contributed by atoms with Crippen LogP contribution < -0.4 is 0 Å². The number of rotatable bonds is 3. The molecule has 1 aromatic carbocycles. The molecule has 5 heteroatoms. The summed E-state index contributed by atoms with van der Waals surface area (Å²) in [6.45, 7) is 0.437. The summed E-state index contributed by atoms with van der Waals surface area (Å²) in [6, 6.07) is 5.63. The van der Waals surface area contributed by atoms with Crippen molar-refractivity contribution in [2.45, 2.75) is 0 Å². The molecule has 0 bridgehead atoms. The summed E-state index contributed by atoms with van der Waals surface area (Å²) in [7, 11) is 0. The van der Waals surface area contributed by atoms with Crippen molar-refractivity contribution < 1.29 is 9.72 Å². The molecule has 1 aliphatic rings. The van der Waals surface area contributed by atoms with Gasteiger partial charge in [-0.25, -0.2) is 0 Å². The van der Waals surface area contributed by atoms with Gasteiger partial charge in [-0.05, 0) is 18.2 Å². The van der Waals surface area contributed by atoms with E-state index in [0.29, 0.717) is 12.1 Å². The minimum absolute atomic E-state index is 0.0150. The maximum absolute atomic E-state index is 12.0. The molecule has 0 N–H and O–H groups in total. The van der Waals surface area contributed by atoms with Crippen LogP contribution in [0.5, 0.6) is 0 Å². The molecule has 1 aliphatic heterocycles. The number of nitrogens with zero attached hydrogens (tertiary/aromatic N) is 2. The molecule has 86 valence electrons. The number of allylic oxidation sites excluding steroid dienone is 1. The first kappa shape index (κ1) is 11.2. The van der Waals surface area contributed by atoms with Gasteiger partial charge in [0.25, 0.3) is 5.69 Å². The molecule has 1 heterocycles. The van der Waals surface area contributed by atoms with Crippen LogP contribution in [0.1, 0.15) is 10.4 Å². The number of hydrogen-bond acceptors (Lipinski definition) is 4.